The summed E-state index contributed by atoms with van der Waals surface area (Å²) in [5.74, 6) is -0.329. The molecule has 7 heteroatoms. The highest BCUT2D eigenvalue weighted by Gasteiger charge is 2.35. The van der Waals surface area contributed by atoms with Crippen LogP contribution in [0.3, 0.4) is 0 Å². The van der Waals surface area contributed by atoms with Gasteiger partial charge in [0.05, 0.1) is 11.2 Å². The molecule has 0 aromatic rings. The van der Waals surface area contributed by atoms with Gasteiger partial charge in [-0.15, -0.1) is 0 Å². The van der Waals surface area contributed by atoms with E-state index in [1.807, 2.05) is 6.92 Å². The third-order valence-corrected chi connectivity index (χ3v) is 5.92. The summed E-state index contributed by atoms with van der Waals surface area (Å²) in [7, 11) is -1.80. The molecule has 0 radical (unpaired) electrons. The van der Waals surface area contributed by atoms with Crippen molar-refractivity contribution < 1.29 is 13.2 Å². The third-order valence-electron chi connectivity index (χ3n) is 3.50. The standard InChI is InChI=1S/C11H23N3O3S/c1-3-10(7-12)18(16,17)14-6-4-5-9(8-14)11(15)13-2/h9-10H,3-8,12H2,1-2H3,(H,13,15). The van der Waals surface area contributed by atoms with Gasteiger partial charge in [0.2, 0.25) is 15.9 Å². The van der Waals surface area contributed by atoms with Crippen molar-refractivity contribution in [1.82, 2.24) is 9.62 Å². The van der Waals surface area contributed by atoms with Crippen LogP contribution in [-0.4, -0.2) is 50.6 Å². The Morgan fingerprint density at radius 2 is 2.22 bits per heavy atom. The minimum absolute atomic E-state index is 0.0873. The van der Waals surface area contributed by atoms with Crippen LogP contribution in [0.2, 0.25) is 0 Å². The Hall–Kier alpha value is -0.660. The van der Waals surface area contributed by atoms with Crippen molar-refractivity contribution >= 4 is 15.9 Å². The maximum Gasteiger partial charge on any atom is 0.224 e. The van der Waals surface area contributed by atoms with Gasteiger partial charge in [-0.2, -0.15) is 0 Å². The highest BCUT2D eigenvalue weighted by atomic mass is 32.2. The van der Waals surface area contributed by atoms with Crippen LogP contribution >= 0.6 is 0 Å². The fourth-order valence-electron chi connectivity index (χ4n) is 2.30. The van der Waals surface area contributed by atoms with E-state index in [4.69, 9.17) is 5.73 Å². The number of hydrogen-bond donors (Lipinski definition) is 2. The Kier molecular flexibility index (Phi) is 5.55. The van der Waals surface area contributed by atoms with E-state index in [1.54, 1.807) is 7.05 Å². The molecule has 18 heavy (non-hydrogen) atoms. The quantitative estimate of drug-likeness (QED) is 0.709. The van der Waals surface area contributed by atoms with Crippen molar-refractivity contribution in [2.75, 3.05) is 26.7 Å². The zero-order chi connectivity index (χ0) is 13.8. The number of carbonyl (C=O) groups excluding carboxylic acids is 1. The number of nitrogens with two attached hydrogens (primary N) is 1. The maximum absolute atomic E-state index is 12.3. The molecule has 1 aliphatic rings. The van der Waals surface area contributed by atoms with Gasteiger partial charge in [0.15, 0.2) is 0 Å². The first kappa shape index (κ1) is 15.4. The van der Waals surface area contributed by atoms with Crippen LogP contribution in [0.4, 0.5) is 0 Å². The van der Waals surface area contributed by atoms with Gasteiger partial charge in [0, 0.05) is 26.7 Å². The summed E-state index contributed by atoms with van der Waals surface area (Å²) in [6, 6.07) is 0. The van der Waals surface area contributed by atoms with Gasteiger partial charge >= 0.3 is 0 Å². The van der Waals surface area contributed by atoms with E-state index in [-0.39, 0.29) is 24.9 Å². The number of rotatable bonds is 5. The molecule has 1 aliphatic heterocycles. The molecule has 0 aliphatic carbocycles. The predicted octanol–water partition coefficient (Wildman–Crippen LogP) is -0.488. The van der Waals surface area contributed by atoms with Crippen LogP contribution in [0.1, 0.15) is 26.2 Å². The summed E-state index contributed by atoms with van der Waals surface area (Å²) in [5, 5.41) is 2.04. The van der Waals surface area contributed by atoms with Crippen LogP contribution in [0.25, 0.3) is 0 Å². The first-order valence-electron chi connectivity index (χ1n) is 6.38. The van der Waals surface area contributed by atoms with E-state index in [0.717, 1.165) is 12.8 Å². The smallest absolute Gasteiger partial charge is 0.224 e. The number of nitrogens with one attached hydrogen (secondary N) is 1. The summed E-state index contributed by atoms with van der Waals surface area (Å²) < 4.78 is 26.1. The van der Waals surface area contributed by atoms with Crippen molar-refractivity contribution in [2.24, 2.45) is 11.7 Å². The monoisotopic (exact) mass is 277 g/mol. The van der Waals surface area contributed by atoms with Gasteiger partial charge in [-0.3, -0.25) is 4.79 Å². The molecule has 6 nitrogen and oxygen atoms in total. The van der Waals surface area contributed by atoms with Gasteiger partial charge in [-0.1, -0.05) is 6.92 Å². The first-order valence-corrected chi connectivity index (χ1v) is 7.88. The minimum atomic E-state index is -3.37. The predicted molar refractivity (Wildman–Crippen MR) is 70.4 cm³/mol. The molecule has 0 aromatic carbocycles. The number of hydrogen-bond acceptors (Lipinski definition) is 4. The number of nitrogens with zero attached hydrogens (tertiary/aromatic N) is 1. The largest absolute Gasteiger partial charge is 0.359 e. The molecule has 1 amide bonds. The molecular weight excluding hydrogens is 254 g/mol. The number of amides is 1. The minimum Gasteiger partial charge on any atom is -0.359 e. The number of piperidine rings is 1. The van der Waals surface area contributed by atoms with Crippen molar-refractivity contribution in [1.29, 1.82) is 0 Å². The Bertz CT molecular complexity index is 379. The lowest BCUT2D eigenvalue weighted by molar-refractivity contribution is -0.125. The Balaban J connectivity index is 2.80. The van der Waals surface area contributed by atoms with Crippen molar-refractivity contribution in [3.05, 3.63) is 0 Å². The molecule has 0 bridgehead atoms. The van der Waals surface area contributed by atoms with Gasteiger partial charge < -0.3 is 11.1 Å². The van der Waals surface area contributed by atoms with Gasteiger partial charge in [-0.05, 0) is 19.3 Å². The lowest BCUT2D eigenvalue weighted by Gasteiger charge is -2.33. The van der Waals surface area contributed by atoms with E-state index in [2.05, 4.69) is 5.32 Å². The molecule has 2 unspecified atom stereocenters. The summed E-state index contributed by atoms with van der Waals surface area (Å²) in [5.41, 5.74) is 5.51. The topological polar surface area (TPSA) is 92.5 Å². The molecule has 3 N–H and O–H groups in total. The molecule has 2 atom stereocenters. The number of carbonyl (C=O) groups is 1. The van der Waals surface area contributed by atoms with E-state index in [9.17, 15) is 13.2 Å². The first-order chi connectivity index (χ1) is 8.47. The van der Waals surface area contributed by atoms with Crippen LogP contribution in [-0.2, 0) is 14.8 Å². The van der Waals surface area contributed by atoms with Gasteiger partial charge in [-0.25, -0.2) is 12.7 Å². The zero-order valence-electron chi connectivity index (χ0n) is 11.1. The molecule has 1 rings (SSSR count). The molecule has 1 fully saturated rings. The second-order valence-corrected chi connectivity index (χ2v) is 6.84. The molecule has 1 heterocycles. The normalized spacial score (nSPS) is 23.6. The Morgan fingerprint density at radius 1 is 1.56 bits per heavy atom. The van der Waals surface area contributed by atoms with Gasteiger partial charge in [0.1, 0.15) is 0 Å². The highest BCUT2D eigenvalue weighted by Crippen LogP contribution is 2.22. The van der Waals surface area contributed by atoms with E-state index in [1.165, 1.54) is 4.31 Å². The SMILES string of the molecule is CCC(CN)S(=O)(=O)N1CCCC(C(=O)NC)C1. The number of sulfonamides is 1. The summed E-state index contributed by atoms with van der Waals surface area (Å²) in [6.07, 6.45) is 1.96. The fraction of sp³-hybridized carbons (Fsp3) is 0.909. The van der Waals surface area contributed by atoms with Crippen LogP contribution in [0.5, 0.6) is 0 Å². The second kappa shape index (κ2) is 6.49. The van der Waals surface area contributed by atoms with E-state index >= 15 is 0 Å². The molecule has 1 saturated heterocycles. The van der Waals surface area contributed by atoms with Crippen LogP contribution in [0.15, 0.2) is 0 Å². The molecule has 0 aromatic heterocycles. The lowest BCUT2D eigenvalue weighted by atomic mass is 9.99. The van der Waals surface area contributed by atoms with Crippen LogP contribution < -0.4 is 11.1 Å². The third kappa shape index (κ3) is 3.21. The van der Waals surface area contributed by atoms with Crippen molar-refractivity contribution in [2.45, 2.75) is 31.4 Å². The molecular formula is C11H23N3O3S. The molecule has 0 saturated carbocycles. The van der Waals surface area contributed by atoms with Crippen molar-refractivity contribution in [3.63, 3.8) is 0 Å². The average Bonchev–Trinajstić information content (AvgIpc) is 2.39. The van der Waals surface area contributed by atoms with Crippen molar-refractivity contribution in [3.8, 4) is 0 Å². The average molecular weight is 277 g/mol. The Morgan fingerprint density at radius 3 is 2.72 bits per heavy atom. The zero-order valence-corrected chi connectivity index (χ0v) is 11.9. The molecule has 106 valence electrons. The lowest BCUT2D eigenvalue weighted by Crippen LogP contribution is -2.49. The van der Waals surface area contributed by atoms with E-state index < -0.39 is 15.3 Å². The van der Waals surface area contributed by atoms with Crippen LogP contribution in [0, 0.1) is 5.92 Å². The summed E-state index contributed by atoms with van der Waals surface area (Å²) in [4.78, 5) is 11.6. The second-order valence-electron chi connectivity index (χ2n) is 4.62. The fourth-order valence-corrected chi connectivity index (χ4v) is 4.16. The van der Waals surface area contributed by atoms with Gasteiger partial charge in [0.25, 0.3) is 0 Å². The summed E-state index contributed by atoms with van der Waals surface area (Å²) in [6.45, 7) is 2.71. The summed E-state index contributed by atoms with van der Waals surface area (Å²) >= 11 is 0. The Labute approximate surface area is 109 Å². The maximum atomic E-state index is 12.3. The van der Waals surface area contributed by atoms with E-state index in [0.29, 0.717) is 13.0 Å². The molecule has 0 spiro atoms. The highest BCUT2D eigenvalue weighted by molar-refractivity contribution is 7.89.